The van der Waals surface area contributed by atoms with Crippen LogP contribution in [0, 0.1) is 20.8 Å². The van der Waals surface area contributed by atoms with Crippen LogP contribution >= 0.6 is 0 Å². The molecule has 2 aromatic rings. The highest BCUT2D eigenvalue weighted by Gasteiger charge is 2.30. The maximum absolute atomic E-state index is 12.9. The van der Waals surface area contributed by atoms with Crippen molar-refractivity contribution in [1.82, 2.24) is 0 Å². The van der Waals surface area contributed by atoms with Crippen molar-refractivity contribution in [2.45, 2.75) is 47.1 Å². The maximum Gasteiger partial charge on any atom is 0.248 e. The summed E-state index contributed by atoms with van der Waals surface area (Å²) in [6.07, 6.45) is 1.90. The number of amides is 1. The molecule has 1 amide bonds. The van der Waals surface area contributed by atoms with E-state index in [0.717, 1.165) is 40.6 Å². The molecule has 0 fully saturated rings. The summed E-state index contributed by atoms with van der Waals surface area (Å²) in [6.45, 7) is 9.37. The van der Waals surface area contributed by atoms with Crippen molar-refractivity contribution in [1.29, 1.82) is 0 Å². The number of hydrogen-bond acceptors (Lipinski definition) is 3. The van der Waals surface area contributed by atoms with E-state index in [2.05, 4.69) is 5.32 Å². The minimum absolute atomic E-state index is 0.358. The van der Waals surface area contributed by atoms with Gasteiger partial charge in [-0.3, -0.25) is 9.10 Å². The fourth-order valence-corrected chi connectivity index (χ4v) is 4.47. The SMILES string of the molecule is CCc1cccc(C)c1NC(=O)[C@H](C)N(c1cc(C)cc(C)c1)S(C)(=O)=O. The van der Waals surface area contributed by atoms with Crippen molar-refractivity contribution >= 4 is 27.3 Å². The third-order valence-electron chi connectivity index (χ3n) is 4.54. The number of nitrogens with one attached hydrogen (secondary N) is 1. The number of benzene rings is 2. The van der Waals surface area contributed by atoms with Crippen LogP contribution in [0.3, 0.4) is 0 Å². The summed E-state index contributed by atoms with van der Waals surface area (Å²) in [5.41, 5.74) is 5.11. The number of nitrogens with zero attached hydrogens (tertiary/aromatic N) is 1. The average Bonchev–Trinajstić information content (AvgIpc) is 2.54. The molecular weight excluding hydrogens is 360 g/mol. The normalized spacial score (nSPS) is 12.5. The first-order valence-corrected chi connectivity index (χ1v) is 10.9. The minimum atomic E-state index is -3.64. The molecule has 0 aliphatic heterocycles. The van der Waals surface area contributed by atoms with E-state index in [9.17, 15) is 13.2 Å². The van der Waals surface area contributed by atoms with Gasteiger partial charge in [-0.05, 0) is 68.5 Å². The van der Waals surface area contributed by atoms with E-state index in [1.54, 1.807) is 19.1 Å². The van der Waals surface area contributed by atoms with Crippen molar-refractivity contribution < 1.29 is 13.2 Å². The van der Waals surface area contributed by atoms with Crippen LogP contribution in [-0.4, -0.2) is 26.6 Å². The smallest absolute Gasteiger partial charge is 0.248 e. The summed E-state index contributed by atoms with van der Waals surface area (Å²) >= 11 is 0. The number of rotatable bonds is 6. The standard InChI is InChI=1S/C21H28N2O3S/c1-7-18-10-8-9-16(4)20(18)22-21(24)17(5)23(27(6,25)26)19-12-14(2)11-15(3)13-19/h8-13,17H,7H2,1-6H3,(H,22,24)/t17-/m0/s1. The first-order chi connectivity index (χ1) is 12.5. The third kappa shape index (κ3) is 4.89. The van der Waals surface area contributed by atoms with Gasteiger partial charge in [0.05, 0.1) is 11.9 Å². The summed E-state index contributed by atoms with van der Waals surface area (Å²) in [6, 6.07) is 10.5. The van der Waals surface area contributed by atoms with Crippen LogP contribution in [0.2, 0.25) is 0 Å². The molecule has 27 heavy (non-hydrogen) atoms. The predicted octanol–water partition coefficient (Wildman–Crippen LogP) is 3.97. The largest absolute Gasteiger partial charge is 0.324 e. The molecule has 0 spiro atoms. The Balaban J connectivity index is 2.42. The number of carbonyl (C=O) groups is 1. The molecule has 0 saturated heterocycles. The summed E-state index contributed by atoms with van der Waals surface area (Å²) in [5, 5.41) is 2.94. The summed E-state index contributed by atoms with van der Waals surface area (Å²) < 4.78 is 26.2. The van der Waals surface area contributed by atoms with Gasteiger partial charge < -0.3 is 5.32 Å². The molecule has 0 radical (unpaired) electrons. The van der Waals surface area contributed by atoms with Crippen molar-refractivity contribution in [3.8, 4) is 0 Å². The Hall–Kier alpha value is -2.34. The molecule has 2 aromatic carbocycles. The van der Waals surface area contributed by atoms with Gasteiger partial charge in [-0.25, -0.2) is 8.42 Å². The van der Waals surface area contributed by atoms with E-state index >= 15 is 0 Å². The van der Waals surface area contributed by atoms with Crippen molar-refractivity contribution in [2.75, 3.05) is 15.9 Å². The zero-order valence-electron chi connectivity index (χ0n) is 16.8. The van der Waals surface area contributed by atoms with Gasteiger partial charge in [0.25, 0.3) is 0 Å². The van der Waals surface area contributed by atoms with Gasteiger partial charge in [0.2, 0.25) is 15.9 Å². The van der Waals surface area contributed by atoms with Gasteiger partial charge in [-0.1, -0.05) is 31.2 Å². The lowest BCUT2D eigenvalue weighted by Crippen LogP contribution is -2.45. The highest BCUT2D eigenvalue weighted by atomic mass is 32.2. The zero-order valence-corrected chi connectivity index (χ0v) is 17.6. The Morgan fingerprint density at radius 2 is 1.70 bits per heavy atom. The van der Waals surface area contributed by atoms with Crippen molar-refractivity contribution in [2.24, 2.45) is 0 Å². The number of anilines is 2. The monoisotopic (exact) mass is 388 g/mol. The second-order valence-electron chi connectivity index (χ2n) is 7.03. The van der Waals surface area contributed by atoms with E-state index in [1.807, 2.05) is 52.0 Å². The van der Waals surface area contributed by atoms with Gasteiger partial charge in [-0.15, -0.1) is 0 Å². The predicted molar refractivity (Wildman–Crippen MR) is 112 cm³/mol. The fourth-order valence-electron chi connectivity index (χ4n) is 3.32. The Morgan fingerprint density at radius 1 is 1.11 bits per heavy atom. The van der Waals surface area contributed by atoms with Gasteiger partial charge in [-0.2, -0.15) is 0 Å². The molecule has 0 saturated carbocycles. The Labute approximate surface area is 162 Å². The molecule has 2 rings (SSSR count). The van der Waals surface area contributed by atoms with Crippen LogP contribution in [-0.2, 0) is 21.2 Å². The van der Waals surface area contributed by atoms with Gasteiger partial charge in [0.1, 0.15) is 6.04 Å². The second-order valence-corrected chi connectivity index (χ2v) is 8.89. The number of para-hydroxylation sites is 1. The molecule has 1 N–H and O–H groups in total. The minimum Gasteiger partial charge on any atom is -0.324 e. The highest BCUT2D eigenvalue weighted by Crippen LogP contribution is 2.26. The molecule has 146 valence electrons. The van der Waals surface area contributed by atoms with Crippen LogP contribution in [0.15, 0.2) is 36.4 Å². The number of hydrogen-bond donors (Lipinski definition) is 1. The quantitative estimate of drug-likeness (QED) is 0.814. The molecule has 5 nitrogen and oxygen atoms in total. The lowest BCUT2D eigenvalue weighted by Gasteiger charge is -2.29. The van der Waals surface area contributed by atoms with Crippen LogP contribution in [0.1, 0.15) is 36.1 Å². The fraction of sp³-hybridized carbons (Fsp3) is 0.381. The van der Waals surface area contributed by atoms with E-state index in [-0.39, 0.29) is 5.91 Å². The molecule has 0 aromatic heterocycles. The molecule has 0 unspecified atom stereocenters. The number of carbonyl (C=O) groups excluding carboxylic acids is 1. The van der Waals surface area contributed by atoms with Gasteiger partial charge in [0, 0.05) is 5.69 Å². The molecule has 0 aliphatic carbocycles. The Kier molecular flexibility index (Phi) is 6.31. The van der Waals surface area contributed by atoms with Crippen LogP contribution in [0.25, 0.3) is 0 Å². The molecule has 6 heteroatoms. The van der Waals surface area contributed by atoms with Crippen molar-refractivity contribution in [3.63, 3.8) is 0 Å². The molecule has 0 bridgehead atoms. The highest BCUT2D eigenvalue weighted by molar-refractivity contribution is 7.92. The molecule has 1 atom stereocenters. The zero-order chi connectivity index (χ0) is 20.4. The lowest BCUT2D eigenvalue weighted by molar-refractivity contribution is -0.116. The summed E-state index contributed by atoms with van der Waals surface area (Å²) in [7, 11) is -3.64. The maximum atomic E-state index is 12.9. The van der Waals surface area contributed by atoms with Gasteiger partial charge in [0.15, 0.2) is 0 Å². The summed E-state index contributed by atoms with van der Waals surface area (Å²) in [4.78, 5) is 12.9. The van der Waals surface area contributed by atoms with E-state index < -0.39 is 16.1 Å². The number of sulfonamides is 1. The second kappa shape index (κ2) is 8.13. The van der Waals surface area contributed by atoms with Crippen LogP contribution in [0.5, 0.6) is 0 Å². The molecular formula is C21H28N2O3S. The Morgan fingerprint density at radius 3 is 2.22 bits per heavy atom. The van der Waals surface area contributed by atoms with Gasteiger partial charge >= 0.3 is 0 Å². The van der Waals surface area contributed by atoms with Crippen LogP contribution < -0.4 is 9.62 Å². The Bertz CT molecular complexity index is 932. The molecule has 0 aliphatic rings. The average molecular weight is 389 g/mol. The lowest BCUT2D eigenvalue weighted by atomic mass is 10.1. The molecule has 0 heterocycles. The van der Waals surface area contributed by atoms with E-state index in [4.69, 9.17) is 0 Å². The first-order valence-electron chi connectivity index (χ1n) is 9.01. The third-order valence-corrected chi connectivity index (χ3v) is 5.78. The summed E-state index contributed by atoms with van der Waals surface area (Å²) in [5.74, 6) is -0.358. The van der Waals surface area contributed by atoms with Crippen molar-refractivity contribution in [3.05, 3.63) is 58.7 Å². The van der Waals surface area contributed by atoms with E-state index in [0.29, 0.717) is 5.69 Å². The van der Waals surface area contributed by atoms with Crippen LogP contribution in [0.4, 0.5) is 11.4 Å². The topological polar surface area (TPSA) is 66.5 Å². The van der Waals surface area contributed by atoms with E-state index in [1.165, 1.54) is 4.31 Å². The number of aryl methyl sites for hydroxylation is 4. The first kappa shape index (κ1) is 21.0.